The van der Waals surface area contributed by atoms with Gasteiger partial charge < -0.3 is 9.84 Å². The highest BCUT2D eigenvalue weighted by Crippen LogP contribution is 1.94. The molecule has 4 heteroatoms. The highest BCUT2D eigenvalue weighted by Gasteiger charge is 2.13. The number of carbonyl (C=O) groups is 1. The van der Waals surface area contributed by atoms with Gasteiger partial charge in [0.1, 0.15) is 6.23 Å². The molecule has 0 saturated heterocycles. The Morgan fingerprint density at radius 3 is 2.55 bits per heavy atom. The van der Waals surface area contributed by atoms with Crippen LogP contribution in [0.25, 0.3) is 0 Å². The third kappa shape index (κ3) is 4.75. The number of carboxylic acids is 1. The van der Waals surface area contributed by atoms with Crippen LogP contribution in [0, 0.1) is 0 Å². The Kier molecular flexibility index (Phi) is 4.81. The molecule has 66 valence electrons. The Morgan fingerprint density at radius 1 is 1.64 bits per heavy atom. The minimum atomic E-state index is -0.935. The van der Waals surface area contributed by atoms with Crippen molar-refractivity contribution in [1.29, 1.82) is 0 Å². The minimum absolute atomic E-state index is 0.203. The second-order valence-electron chi connectivity index (χ2n) is 2.32. The molecule has 0 aromatic heterocycles. The van der Waals surface area contributed by atoms with Crippen molar-refractivity contribution in [3.8, 4) is 0 Å². The van der Waals surface area contributed by atoms with Gasteiger partial charge in [-0.25, -0.2) is 4.79 Å². The molecule has 0 aliphatic heterocycles. The molecule has 0 aromatic rings. The highest BCUT2D eigenvalue weighted by molar-refractivity contribution is 5.71. The fraction of sp³-hybridized carbons (Fsp3) is 0.857. The van der Waals surface area contributed by atoms with Crippen molar-refractivity contribution in [2.75, 3.05) is 6.54 Å². The summed E-state index contributed by atoms with van der Waals surface area (Å²) in [4.78, 5) is 10.3. The summed E-state index contributed by atoms with van der Waals surface area (Å²) in [5.74, 6) is -0.935. The van der Waals surface area contributed by atoms with Crippen molar-refractivity contribution in [3.05, 3.63) is 0 Å². The highest BCUT2D eigenvalue weighted by atomic mass is 16.5. The van der Waals surface area contributed by atoms with Crippen molar-refractivity contribution in [2.45, 2.75) is 33.1 Å². The Bertz CT molecular complexity index is 127. The van der Waals surface area contributed by atoms with Crippen molar-refractivity contribution in [2.24, 2.45) is 0 Å². The molecule has 4 nitrogen and oxygen atoms in total. The smallest absolute Gasteiger partial charge is 0.332 e. The second-order valence-corrected chi connectivity index (χ2v) is 2.32. The normalized spacial score (nSPS) is 15.9. The lowest BCUT2D eigenvalue weighted by atomic mass is 10.4. The van der Waals surface area contributed by atoms with E-state index < -0.39 is 12.1 Å². The van der Waals surface area contributed by atoms with Gasteiger partial charge in [0.2, 0.25) is 0 Å². The number of nitrogens with one attached hydrogen (secondary N) is 1. The molecule has 2 atom stereocenters. The average Bonchev–Trinajstić information content (AvgIpc) is 1.87. The van der Waals surface area contributed by atoms with Gasteiger partial charge in [-0.15, -0.1) is 0 Å². The van der Waals surface area contributed by atoms with Crippen LogP contribution in [-0.4, -0.2) is 30.0 Å². The van der Waals surface area contributed by atoms with Crippen LogP contribution >= 0.6 is 0 Å². The molecule has 0 aliphatic rings. The van der Waals surface area contributed by atoms with E-state index in [4.69, 9.17) is 9.84 Å². The molecule has 2 unspecified atom stereocenters. The van der Waals surface area contributed by atoms with E-state index in [1.165, 1.54) is 6.92 Å². The molecular weight excluding hydrogens is 146 g/mol. The van der Waals surface area contributed by atoms with Crippen LogP contribution in [0.5, 0.6) is 0 Å². The lowest BCUT2D eigenvalue weighted by molar-refractivity contribution is -0.153. The fourth-order valence-electron chi connectivity index (χ4n) is 0.700. The van der Waals surface area contributed by atoms with Crippen molar-refractivity contribution < 1.29 is 14.6 Å². The zero-order valence-electron chi connectivity index (χ0n) is 7.13. The average molecular weight is 161 g/mol. The second kappa shape index (κ2) is 5.09. The fourth-order valence-corrected chi connectivity index (χ4v) is 0.700. The Balaban J connectivity index is 3.56. The molecule has 0 saturated carbocycles. The molecule has 0 rings (SSSR count). The monoisotopic (exact) mass is 161 g/mol. The van der Waals surface area contributed by atoms with Crippen LogP contribution in [0.4, 0.5) is 0 Å². The minimum Gasteiger partial charge on any atom is -0.479 e. The van der Waals surface area contributed by atoms with E-state index in [9.17, 15) is 4.79 Å². The van der Waals surface area contributed by atoms with E-state index in [-0.39, 0.29) is 6.23 Å². The number of rotatable bonds is 5. The molecule has 2 N–H and O–H groups in total. The quantitative estimate of drug-likeness (QED) is 0.574. The van der Waals surface area contributed by atoms with Crippen LogP contribution in [0.2, 0.25) is 0 Å². The van der Waals surface area contributed by atoms with Gasteiger partial charge in [0.05, 0.1) is 0 Å². The molecule has 0 amide bonds. The predicted molar refractivity (Wildman–Crippen MR) is 41.3 cm³/mol. The van der Waals surface area contributed by atoms with E-state index in [0.717, 1.165) is 6.54 Å². The van der Waals surface area contributed by atoms with Crippen molar-refractivity contribution in [1.82, 2.24) is 5.32 Å². The van der Waals surface area contributed by atoms with E-state index in [1.807, 2.05) is 6.92 Å². The molecule has 0 aromatic carbocycles. The summed E-state index contributed by atoms with van der Waals surface area (Å²) in [6.45, 7) is 6.00. The van der Waals surface area contributed by atoms with Crippen LogP contribution in [0.15, 0.2) is 0 Å². The zero-order valence-corrected chi connectivity index (χ0v) is 7.13. The lowest BCUT2D eigenvalue weighted by Gasteiger charge is -2.16. The van der Waals surface area contributed by atoms with Gasteiger partial charge in [-0.2, -0.15) is 0 Å². The van der Waals surface area contributed by atoms with Gasteiger partial charge in [0, 0.05) is 0 Å². The first kappa shape index (κ1) is 10.4. The Labute approximate surface area is 66.5 Å². The summed E-state index contributed by atoms with van der Waals surface area (Å²) in [6.07, 6.45) is -0.949. The number of carboxylic acid groups (broad SMARTS) is 1. The maximum atomic E-state index is 10.3. The Morgan fingerprint density at radius 2 is 2.18 bits per heavy atom. The molecule has 0 heterocycles. The first-order valence-corrected chi connectivity index (χ1v) is 3.69. The predicted octanol–water partition coefficient (Wildman–Crippen LogP) is 0.432. The van der Waals surface area contributed by atoms with Crippen LogP contribution in [0.3, 0.4) is 0 Å². The van der Waals surface area contributed by atoms with Gasteiger partial charge in [0.25, 0.3) is 0 Å². The van der Waals surface area contributed by atoms with Crippen molar-refractivity contribution in [3.63, 3.8) is 0 Å². The largest absolute Gasteiger partial charge is 0.479 e. The van der Waals surface area contributed by atoms with Crippen LogP contribution in [-0.2, 0) is 9.53 Å². The molecular formula is C7H15NO3. The summed E-state index contributed by atoms with van der Waals surface area (Å²) in [6, 6.07) is 0. The Hall–Kier alpha value is -0.610. The number of hydrogen-bond donors (Lipinski definition) is 2. The molecule has 0 aliphatic carbocycles. The van der Waals surface area contributed by atoms with E-state index in [2.05, 4.69) is 5.32 Å². The van der Waals surface area contributed by atoms with Crippen LogP contribution < -0.4 is 5.32 Å². The molecule has 0 radical (unpaired) electrons. The molecule has 11 heavy (non-hydrogen) atoms. The van der Waals surface area contributed by atoms with Crippen molar-refractivity contribution >= 4 is 5.97 Å². The maximum absolute atomic E-state index is 10.3. The van der Waals surface area contributed by atoms with Gasteiger partial charge in [-0.1, -0.05) is 6.92 Å². The topological polar surface area (TPSA) is 58.6 Å². The molecule has 0 bridgehead atoms. The summed E-state index contributed by atoms with van der Waals surface area (Å²) in [5, 5.41) is 11.4. The first-order valence-electron chi connectivity index (χ1n) is 3.69. The summed E-state index contributed by atoms with van der Waals surface area (Å²) >= 11 is 0. The lowest BCUT2D eigenvalue weighted by Crippen LogP contribution is -2.34. The first-order chi connectivity index (χ1) is 5.07. The SMILES string of the molecule is CCNC(C)OC(C)C(=O)O. The number of aliphatic carboxylic acids is 1. The van der Waals surface area contributed by atoms with Gasteiger partial charge in [-0.3, -0.25) is 5.32 Å². The third-order valence-corrected chi connectivity index (χ3v) is 1.25. The van der Waals surface area contributed by atoms with Crippen LogP contribution in [0.1, 0.15) is 20.8 Å². The molecule has 0 fully saturated rings. The van der Waals surface area contributed by atoms with E-state index in [0.29, 0.717) is 0 Å². The summed E-state index contributed by atoms with van der Waals surface area (Å²) < 4.78 is 5.04. The number of ether oxygens (including phenoxy) is 1. The van der Waals surface area contributed by atoms with Gasteiger partial charge in [0.15, 0.2) is 6.10 Å². The zero-order chi connectivity index (χ0) is 8.85. The third-order valence-electron chi connectivity index (χ3n) is 1.25. The number of hydrogen-bond acceptors (Lipinski definition) is 3. The maximum Gasteiger partial charge on any atom is 0.332 e. The standard InChI is InChI=1S/C7H15NO3/c1-4-8-6(3)11-5(2)7(9)10/h5-6,8H,4H2,1-3H3,(H,9,10). The van der Waals surface area contributed by atoms with Gasteiger partial charge >= 0.3 is 5.97 Å². The molecule has 0 spiro atoms. The van der Waals surface area contributed by atoms with Gasteiger partial charge in [-0.05, 0) is 20.4 Å². The van der Waals surface area contributed by atoms with E-state index >= 15 is 0 Å². The summed E-state index contributed by atoms with van der Waals surface area (Å²) in [7, 11) is 0. The summed E-state index contributed by atoms with van der Waals surface area (Å²) in [5.41, 5.74) is 0. The van der Waals surface area contributed by atoms with E-state index in [1.54, 1.807) is 6.92 Å².